The lowest BCUT2D eigenvalue weighted by Crippen LogP contribution is -2.36. The second-order valence-corrected chi connectivity index (χ2v) is 7.30. The number of anilines is 1. The van der Waals surface area contributed by atoms with Gasteiger partial charge in [-0.1, -0.05) is 12.1 Å². The van der Waals surface area contributed by atoms with Gasteiger partial charge in [0.25, 0.3) is 5.91 Å². The molecule has 2 aliphatic heterocycles. The van der Waals surface area contributed by atoms with Crippen LogP contribution in [0, 0.1) is 0 Å². The third-order valence-corrected chi connectivity index (χ3v) is 5.49. The largest absolute Gasteiger partial charge is 0.378 e. The predicted molar refractivity (Wildman–Crippen MR) is 106 cm³/mol. The van der Waals surface area contributed by atoms with Crippen LogP contribution in [-0.4, -0.2) is 50.3 Å². The van der Waals surface area contributed by atoms with Gasteiger partial charge < -0.3 is 25.3 Å². The average molecular weight is 368 g/mol. The van der Waals surface area contributed by atoms with Gasteiger partial charge in [0.15, 0.2) is 0 Å². The van der Waals surface area contributed by atoms with Crippen LogP contribution in [0.15, 0.2) is 36.5 Å². The number of morpholine rings is 1. The van der Waals surface area contributed by atoms with Gasteiger partial charge in [-0.25, -0.2) is 0 Å². The summed E-state index contributed by atoms with van der Waals surface area (Å²) in [7, 11) is 0. The summed E-state index contributed by atoms with van der Waals surface area (Å²) in [5, 5.41) is 6.48. The summed E-state index contributed by atoms with van der Waals surface area (Å²) in [5.74, 6) is 0.386. The smallest absolute Gasteiger partial charge is 0.253 e. The fraction of sp³-hybridized carbons (Fsp3) is 0.476. The Morgan fingerprint density at radius 3 is 2.74 bits per heavy atom. The monoisotopic (exact) mass is 368 g/mol. The van der Waals surface area contributed by atoms with Gasteiger partial charge in [-0.2, -0.15) is 0 Å². The van der Waals surface area contributed by atoms with Crippen molar-refractivity contribution < 1.29 is 9.53 Å². The molecule has 6 heteroatoms. The van der Waals surface area contributed by atoms with Crippen molar-refractivity contribution in [3.8, 4) is 0 Å². The number of hydrogen-bond donors (Lipinski definition) is 3. The van der Waals surface area contributed by atoms with Gasteiger partial charge in [-0.3, -0.25) is 4.79 Å². The number of benzene rings is 1. The lowest BCUT2D eigenvalue weighted by molar-refractivity contribution is 0.0949. The molecule has 4 rings (SSSR count). The summed E-state index contributed by atoms with van der Waals surface area (Å²) in [5.41, 5.74) is 4.15. The van der Waals surface area contributed by atoms with Crippen LogP contribution in [-0.2, 0) is 11.3 Å². The first kappa shape index (κ1) is 18.1. The van der Waals surface area contributed by atoms with E-state index in [1.807, 2.05) is 12.3 Å². The summed E-state index contributed by atoms with van der Waals surface area (Å²) in [6.45, 7) is 5.98. The molecule has 1 aromatic carbocycles. The molecule has 0 aliphatic carbocycles. The van der Waals surface area contributed by atoms with Gasteiger partial charge in [0.05, 0.1) is 18.8 Å². The molecule has 0 unspecified atom stereocenters. The second-order valence-electron chi connectivity index (χ2n) is 7.30. The van der Waals surface area contributed by atoms with Crippen LogP contribution in [0.4, 0.5) is 5.69 Å². The average Bonchev–Trinajstić information content (AvgIpc) is 3.24. The molecule has 1 aromatic heterocycles. The number of H-pyrrole nitrogens is 1. The Kier molecular flexibility index (Phi) is 5.75. The van der Waals surface area contributed by atoms with E-state index >= 15 is 0 Å². The van der Waals surface area contributed by atoms with Crippen molar-refractivity contribution in [2.24, 2.45) is 0 Å². The molecule has 0 spiro atoms. The van der Waals surface area contributed by atoms with Gasteiger partial charge in [0.1, 0.15) is 0 Å². The maximum absolute atomic E-state index is 12.7. The van der Waals surface area contributed by atoms with Crippen molar-refractivity contribution in [3.63, 3.8) is 0 Å². The fourth-order valence-electron chi connectivity index (χ4n) is 3.94. The number of nitrogens with one attached hydrogen (secondary N) is 3. The van der Waals surface area contributed by atoms with Crippen molar-refractivity contribution in [2.75, 3.05) is 44.3 Å². The van der Waals surface area contributed by atoms with E-state index in [-0.39, 0.29) is 5.91 Å². The maximum Gasteiger partial charge on any atom is 0.253 e. The lowest BCUT2D eigenvalue weighted by atomic mass is 9.93. The SMILES string of the molecule is O=C(NCc1ccc(N2CCOCC2)cc1)c1cc[nH]c1[C@H]1CCCNC1. The molecule has 27 heavy (non-hydrogen) atoms. The van der Waals surface area contributed by atoms with Crippen molar-refractivity contribution >= 4 is 11.6 Å². The summed E-state index contributed by atoms with van der Waals surface area (Å²) in [6.07, 6.45) is 4.15. The maximum atomic E-state index is 12.7. The van der Waals surface area contributed by atoms with Crippen LogP contribution >= 0.6 is 0 Å². The Morgan fingerprint density at radius 1 is 1.19 bits per heavy atom. The van der Waals surface area contributed by atoms with Crippen LogP contribution in [0.2, 0.25) is 0 Å². The normalized spacial score (nSPS) is 20.4. The van der Waals surface area contributed by atoms with E-state index in [0.717, 1.165) is 69.1 Å². The van der Waals surface area contributed by atoms with Crippen LogP contribution < -0.4 is 15.5 Å². The molecular weight excluding hydrogens is 340 g/mol. The highest BCUT2D eigenvalue weighted by Crippen LogP contribution is 2.25. The molecule has 2 saturated heterocycles. The van der Waals surface area contributed by atoms with Crippen LogP contribution in [0.5, 0.6) is 0 Å². The molecule has 0 bridgehead atoms. The fourth-order valence-corrected chi connectivity index (χ4v) is 3.94. The van der Waals surface area contributed by atoms with E-state index in [0.29, 0.717) is 12.5 Å². The molecule has 3 heterocycles. The number of hydrogen-bond acceptors (Lipinski definition) is 4. The van der Waals surface area contributed by atoms with Gasteiger partial charge in [0.2, 0.25) is 0 Å². The Morgan fingerprint density at radius 2 is 2.00 bits per heavy atom. The number of aromatic amines is 1. The van der Waals surface area contributed by atoms with Crippen molar-refractivity contribution in [3.05, 3.63) is 53.3 Å². The molecule has 0 radical (unpaired) electrons. The highest BCUT2D eigenvalue weighted by Gasteiger charge is 2.22. The first-order chi connectivity index (χ1) is 13.3. The zero-order valence-electron chi connectivity index (χ0n) is 15.7. The first-order valence-electron chi connectivity index (χ1n) is 9.89. The highest BCUT2D eigenvalue weighted by molar-refractivity contribution is 5.95. The summed E-state index contributed by atoms with van der Waals surface area (Å²) >= 11 is 0. The van der Waals surface area contributed by atoms with E-state index in [1.165, 1.54) is 5.69 Å². The molecule has 144 valence electrons. The molecule has 3 N–H and O–H groups in total. The summed E-state index contributed by atoms with van der Waals surface area (Å²) in [6, 6.07) is 10.3. The number of nitrogens with zero attached hydrogens (tertiary/aromatic N) is 1. The van der Waals surface area contributed by atoms with Crippen molar-refractivity contribution in [1.82, 2.24) is 15.6 Å². The molecule has 2 aliphatic rings. The number of amides is 1. The topological polar surface area (TPSA) is 69.4 Å². The molecule has 2 aromatic rings. The number of rotatable bonds is 5. The van der Waals surface area contributed by atoms with E-state index in [2.05, 4.69) is 44.8 Å². The quantitative estimate of drug-likeness (QED) is 0.757. The van der Waals surface area contributed by atoms with E-state index in [1.54, 1.807) is 0 Å². The van der Waals surface area contributed by atoms with Crippen LogP contribution in [0.1, 0.15) is 40.4 Å². The van der Waals surface area contributed by atoms with Gasteiger partial charge >= 0.3 is 0 Å². The third-order valence-electron chi connectivity index (χ3n) is 5.49. The lowest BCUT2D eigenvalue weighted by Gasteiger charge is -2.28. The summed E-state index contributed by atoms with van der Waals surface area (Å²) in [4.78, 5) is 18.3. The molecule has 1 atom stereocenters. The second kappa shape index (κ2) is 8.59. The Labute approximate surface area is 160 Å². The minimum absolute atomic E-state index is 0.00548. The minimum Gasteiger partial charge on any atom is -0.378 e. The first-order valence-corrected chi connectivity index (χ1v) is 9.89. The van der Waals surface area contributed by atoms with Crippen molar-refractivity contribution in [2.45, 2.75) is 25.3 Å². The number of carbonyl (C=O) groups excluding carboxylic acids is 1. The minimum atomic E-state index is -0.00548. The van der Waals surface area contributed by atoms with E-state index in [9.17, 15) is 4.79 Å². The zero-order valence-corrected chi connectivity index (χ0v) is 15.7. The number of ether oxygens (including phenoxy) is 1. The Bertz CT molecular complexity index is 744. The van der Waals surface area contributed by atoms with Crippen LogP contribution in [0.3, 0.4) is 0 Å². The molecule has 1 amide bonds. The summed E-state index contributed by atoms with van der Waals surface area (Å²) < 4.78 is 5.40. The molecule has 0 saturated carbocycles. The predicted octanol–water partition coefficient (Wildman–Crippen LogP) is 2.25. The van der Waals surface area contributed by atoms with Gasteiger partial charge in [-0.15, -0.1) is 0 Å². The molecule has 6 nitrogen and oxygen atoms in total. The Balaban J connectivity index is 1.35. The van der Waals surface area contributed by atoms with Crippen LogP contribution in [0.25, 0.3) is 0 Å². The van der Waals surface area contributed by atoms with Gasteiger partial charge in [0, 0.05) is 49.7 Å². The van der Waals surface area contributed by atoms with Crippen molar-refractivity contribution in [1.29, 1.82) is 0 Å². The highest BCUT2D eigenvalue weighted by atomic mass is 16.5. The number of carbonyl (C=O) groups is 1. The third kappa shape index (κ3) is 4.34. The Hall–Kier alpha value is -2.31. The number of piperidine rings is 1. The van der Waals surface area contributed by atoms with E-state index < -0.39 is 0 Å². The standard InChI is InChI=1S/C21H28N4O2/c26-21(19-7-9-23-20(19)17-2-1-8-22-15-17)24-14-16-3-5-18(6-4-16)25-10-12-27-13-11-25/h3-7,9,17,22-23H,1-2,8,10-15H2,(H,24,26)/t17-/m0/s1. The molecule has 2 fully saturated rings. The number of aromatic nitrogens is 1. The van der Waals surface area contributed by atoms with Gasteiger partial charge in [-0.05, 0) is 43.1 Å². The molecular formula is C21H28N4O2. The van der Waals surface area contributed by atoms with E-state index in [4.69, 9.17) is 4.74 Å². The zero-order chi connectivity index (χ0) is 18.5.